The zero-order valence-electron chi connectivity index (χ0n) is 18.4. The van der Waals surface area contributed by atoms with E-state index in [2.05, 4.69) is 20.6 Å². The first kappa shape index (κ1) is 22.2. The third-order valence-electron chi connectivity index (χ3n) is 4.57. The maximum Gasteiger partial charge on any atom is 0.338 e. The van der Waals surface area contributed by atoms with Crippen molar-refractivity contribution < 1.29 is 14.3 Å². The van der Waals surface area contributed by atoms with Gasteiger partial charge in [0, 0.05) is 23.6 Å². The summed E-state index contributed by atoms with van der Waals surface area (Å²) in [5, 5.41) is 6.42. The van der Waals surface area contributed by atoms with E-state index in [-0.39, 0.29) is 5.56 Å². The fraction of sp³-hybridized carbons (Fsp3) is 0.167. The van der Waals surface area contributed by atoms with Crippen molar-refractivity contribution in [3.05, 3.63) is 71.4 Å². The average Bonchev–Trinajstić information content (AvgIpc) is 3.21. The van der Waals surface area contributed by atoms with Crippen molar-refractivity contribution in [1.82, 2.24) is 9.97 Å². The number of thiazole rings is 1. The number of carbonyl (C=O) groups is 2. The van der Waals surface area contributed by atoms with E-state index >= 15 is 0 Å². The first-order valence-electron chi connectivity index (χ1n) is 10.2. The van der Waals surface area contributed by atoms with Crippen molar-refractivity contribution >= 4 is 56.3 Å². The highest BCUT2D eigenvalue weighted by molar-refractivity contribution is 7.16. The minimum atomic E-state index is -0.604. The van der Waals surface area contributed by atoms with E-state index in [1.165, 1.54) is 6.20 Å². The summed E-state index contributed by atoms with van der Waals surface area (Å²) in [7, 11) is 0. The highest BCUT2D eigenvalue weighted by Gasteiger charge is 2.18. The lowest BCUT2D eigenvalue weighted by atomic mass is 10.1. The van der Waals surface area contributed by atoms with Gasteiger partial charge in [0.2, 0.25) is 0 Å². The minimum Gasteiger partial charge on any atom is -0.456 e. The Labute approximate surface area is 194 Å². The number of carbonyl (C=O) groups excluding carboxylic acids is 2. The molecule has 0 radical (unpaired) electrons. The van der Waals surface area contributed by atoms with E-state index in [4.69, 9.17) is 10.5 Å². The van der Waals surface area contributed by atoms with Gasteiger partial charge in [-0.3, -0.25) is 4.79 Å². The molecule has 4 aromatic rings. The van der Waals surface area contributed by atoms with Gasteiger partial charge in [0.15, 0.2) is 0 Å². The molecule has 0 aliphatic heterocycles. The summed E-state index contributed by atoms with van der Waals surface area (Å²) >= 11 is 1.55. The molecule has 4 N–H and O–H groups in total. The first-order chi connectivity index (χ1) is 15.7. The summed E-state index contributed by atoms with van der Waals surface area (Å²) in [6.45, 7) is 5.45. The molecular formula is C24H23N5O3S. The van der Waals surface area contributed by atoms with E-state index in [1.807, 2.05) is 39.0 Å². The number of primary amides is 1. The summed E-state index contributed by atoms with van der Waals surface area (Å²) in [4.78, 5) is 32.8. The Balaban J connectivity index is 1.55. The fourth-order valence-corrected chi connectivity index (χ4v) is 3.80. The number of nitrogens with one attached hydrogen (secondary N) is 2. The van der Waals surface area contributed by atoms with E-state index in [0.29, 0.717) is 22.8 Å². The van der Waals surface area contributed by atoms with Crippen LogP contribution >= 0.6 is 11.3 Å². The number of anilines is 4. The third-order valence-corrected chi connectivity index (χ3v) is 5.36. The second-order valence-corrected chi connectivity index (χ2v) is 9.23. The predicted octanol–water partition coefficient (Wildman–Crippen LogP) is 5.23. The molecule has 0 fully saturated rings. The smallest absolute Gasteiger partial charge is 0.338 e. The number of fused-ring (bicyclic) bond motifs is 1. The second kappa shape index (κ2) is 8.87. The van der Waals surface area contributed by atoms with Crippen LogP contribution in [0.15, 0.2) is 60.2 Å². The van der Waals surface area contributed by atoms with Crippen LogP contribution in [-0.4, -0.2) is 27.4 Å². The van der Waals surface area contributed by atoms with Gasteiger partial charge >= 0.3 is 5.97 Å². The number of pyridine rings is 1. The second-order valence-electron chi connectivity index (χ2n) is 8.34. The number of amides is 1. The molecule has 0 unspecified atom stereocenters. The normalized spacial score (nSPS) is 11.2. The largest absolute Gasteiger partial charge is 0.456 e. The van der Waals surface area contributed by atoms with Gasteiger partial charge in [-0.05, 0) is 63.2 Å². The Kier molecular flexibility index (Phi) is 5.97. The minimum absolute atomic E-state index is 0.245. The number of ether oxygens (including phenoxy) is 1. The van der Waals surface area contributed by atoms with E-state index in [0.717, 1.165) is 15.9 Å². The molecule has 0 spiro atoms. The fourth-order valence-electron chi connectivity index (χ4n) is 3.09. The van der Waals surface area contributed by atoms with Crippen molar-refractivity contribution in [2.24, 2.45) is 5.73 Å². The highest BCUT2D eigenvalue weighted by Crippen LogP contribution is 2.27. The summed E-state index contributed by atoms with van der Waals surface area (Å²) in [6, 6.07) is 14.3. The summed E-state index contributed by atoms with van der Waals surface area (Å²) in [6.07, 6.45) is 1.42. The van der Waals surface area contributed by atoms with Gasteiger partial charge in [-0.25, -0.2) is 14.8 Å². The molecule has 168 valence electrons. The average molecular weight is 462 g/mol. The number of rotatable bonds is 6. The molecule has 0 aliphatic carbocycles. The van der Waals surface area contributed by atoms with E-state index in [1.54, 1.807) is 47.2 Å². The molecule has 9 heteroatoms. The number of benzene rings is 2. The van der Waals surface area contributed by atoms with Gasteiger partial charge in [0.1, 0.15) is 11.4 Å². The quantitative estimate of drug-likeness (QED) is 0.336. The van der Waals surface area contributed by atoms with Crippen molar-refractivity contribution in [2.75, 3.05) is 10.6 Å². The van der Waals surface area contributed by atoms with Gasteiger partial charge in [0.05, 0.1) is 32.5 Å². The molecule has 0 saturated carbocycles. The highest BCUT2D eigenvalue weighted by atomic mass is 32.1. The van der Waals surface area contributed by atoms with E-state index in [9.17, 15) is 9.59 Å². The number of hydrogen-bond donors (Lipinski definition) is 3. The van der Waals surface area contributed by atoms with Crippen molar-refractivity contribution in [3.63, 3.8) is 0 Å². The van der Waals surface area contributed by atoms with Crippen LogP contribution in [0.1, 0.15) is 41.5 Å². The van der Waals surface area contributed by atoms with Gasteiger partial charge < -0.3 is 21.1 Å². The van der Waals surface area contributed by atoms with Gasteiger partial charge in [-0.2, -0.15) is 0 Å². The lowest BCUT2D eigenvalue weighted by molar-refractivity contribution is 0.00694. The number of nitrogens with two attached hydrogens (primary N) is 1. The predicted molar refractivity (Wildman–Crippen MR) is 131 cm³/mol. The lowest BCUT2D eigenvalue weighted by Crippen LogP contribution is -2.23. The summed E-state index contributed by atoms with van der Waals surface area (Å²) in [5.74, 6) is -0.468. The van der Waals surface area contributed by atoms with E-state index < -0.39 is 17.5 Å². The molecule has 33 heavy (non-hydrogen) atoms. The van der Waals surface area contributed by atoms with Crippen LogP contribution in [0.2, 0.25) is 0 Å². The molecule has 0 atom stereocenters. The van der Waals surface area contributed by atoms with Crippen molar-refractivity contribution in [2.45, 2.75) is 26.4 Å². The number of nitrogens with zero attached hydrogens (tertiary/aromatic N) is 2. The standard InChI is InChI=1S/C24H23N5O3S/c1-24(2,3)32-23(31)14-4-6-15(7-5-14)28-19-11-21(26-12-17(19)22(25)30)29-16-8-9-18-20(10-16)33-13-27-18/h4-13H,1-3H3,(H2,25,30)(H2,26,28,29). The van der Waals surface area contributed by atoms with Crippen LogP contribution in [0, 0.1) is 0 Å². The molecule has 0 saturated heterocycles. The topological polar surface area (TPSA) is 119 Å². The number of aromatic nitrogens is 2. The number of hydrogen-bond acceptors (Lipinski definition) is 8. The van der Waals surface area contributed by atoms with Crippen LogP contribution < -0.4 is 16.4 Å². The maximum atomic E-state index is 12.2. The molecule has 2 aromatic carbocycles. The number of esters is 1. The Hall–Kier alpha value is -3.98. The van der Waals surface area contributed by atoms with Gasteiger partial charge in [0.25, 0.3) is 5.91 Å². The SMILES string of the molecule is CC(C)(C)OC(=O)c1ccc(Nc2cc(Nc3ccc4ncsc4c3)ncc2C(N)=O)cc1. The van der Waals surface area contributed by atoms with Crippen LogP contribution in [0.4, 0.5) is 22.9 Å². The Morgan fingerprint density at radius 1 is 0.970 bits per heavy atom. The Bertz CT molecular complexity index is 1330. The maximum absolute atomic E-state index is 12.2. The van der Waals surface area contributed by atoms with Gasteiger partial charge in [-0.15, -0.1) is 11.3 Å². The summed E-state index contributed by atoms with van der Waals surface area (Å²) in [5.41, 5.74) is 10.4. The molecule has 1 amide bonds. The Morgan fingerprint density at radius 3 is 2.39 bits per heavy atom. The Morgan fingerprint density at radius 2 is 1.70 bits per heavy atom. The zero-order valence-corrected chi connectivity index (χ0v) is 19.2. The van der Waals surface area contributed by atoms with Crippen molar-refractivity contribution in [1.29, 1.82) is 0 Å². The third kappa shape index (κ3) is 5.45. The van der Waals surface area contributed by atoms with Crippen LogP contribution in [0.3, 0.4) is 0 Å². The van der Waals surface area contributed by atoms with Gasteiger partial charge in [-0.1, -0.05) is 0 Å². The molecule has 2 aromatic heterocycles. The molecule has 4 rings (SSSR count). The summed E-state index contributed by atoms with van der Waals surface area (Å²) < 4.78 is 6.44. The molecular weight excluding hydrogens is 438 g/mol. The zero-order chi connectivity index (χ0) is 23.6. The molecule has 2 heterocycles. The monoisotopic (exact) mass is 461 g/mol. The molecule has 8 nitrogen and oxygen atoms in total. The first-order valence-corrected chi connectivity index (χ1v) is 11.1. The van der Waals surface area contributed by atoms with Crippen LogP contribution in [0.25, 0.3) is 10.2 Å². The molecule has 0 aliphatic rings. The van der Waals surface area contributed by atoms with Crippen LogP contribution in [0.5, 0.6) is 0 Å². The van der Waals surface area contributed by atoms with Crippen molar-refractivity contribution in [3.8, 4) is 0 Å². The lowest BCUT2D eigenvalue weighted by Gasteiger charge is -2.19. The van der Waals surface area contributed by atoms with Crippen LogP contribution in [-0.2, 0) is 4.74 Å². The molecule has 0 bridgehead atoms.